The summed E-state index contributed by atoms with van der Waals surface area (Å²) in [4.78, 5) is 19.9. The summed E-state index contributed by atoms with van der Waals surface area (Å²) < 4.78 is 33.9. The van der Waals surface area contributed by atoms with Crippen molar-refractivity contribution in [2.24, 2.45) is 0 Å². The van der Waals surface area contributed by atoms with E-state index >= 15 is 0 Å². The first-order valence-electron chi connectivity index (χ1n) is 2.43. The third kappa shape index (κ3) is 7.08. The van der Waals surface area contributed by atoms with Crippen LogP contribution in [0.3, 0.4) is 0 Å². The van der Waals surface area contributed by atoms with Crippen molar-refractivity contribution in [2.45, 2.75) is 19.5 Å². The van der Waals surface area contributed by atoms with Crippen molar-refractivity contribution in [3.63, 3.8) is 0 Å². The van der Waals surface area contributed by atoms with E-state index in [1.54, 1.807) is 0 Å². The fourth-order valence-electron chi connectivity index (χ4n) is 0.326. The monoisotopic (exact) mass is 294 g/mol. The van der Waals surface area contributed by atoms with Gasteiger partial charge in [0.1, 0.15) is 5.78 Å². The van der Waals surface area contributed by atoms with Gasteiger partial charge < -0.3 is 0 Å². The average molecular weight is 293 g/mol. The van der Waals surface area contributed by atoms with Crippen molar-refractivity contribution in [2.75, 3.05) is 0 Å². The molecule has 11 heavy (non-hydrogen) atoms. The number of hydrogen-bond acceptors (Lipinski definition) is 2. The summed E-state index contributed by atoms with van der Waals surface area (Å²) >= 11 is 0. The van der Waals surface area contributed by atoms with E-state index in [9.17, 15) is 22.8 Å². The molecule has 0 unspecified atom stereocenters. The van der Waals surface area contributed by atoms with E-state index in [1.807, 2.05) is 0 Å². The van der Waals surface area contributed by atoms with Gasteiger partial charge in [-0.25, -0.2) is 0 Å². The number of halogens is 3. The number of Topliss-reactive ketones (excluding diaryl/α,β-unsaturated/α-hetero) is 2. The van der Waals surface area contributed by atoms with Crippen LogP contribution in [0.5, 0.6) is 0 Å². The van der Waals surface area contributed by atoms with Crippen LogP contribution in [0.2, 0.25) is 0 Å². The van der Waals surface area contributed by atoms with E-state index < -0.39 is 24.2 Å². The molecule has 0 rings (SSSR count). The molecule has 6 heteroatoms. The van der Waals surface area contributed by atoms with E-state index in [4.69, 9.17) is 0 Å². The zero-order valence-electron chi connectivity index (χ0n) is 5.16. The minimum atomic E-state index is -4.87. The van der Waals surface area contributed by atoms with Crippen molar-refractivity contribution in [3.05, 3.63) is 0 Å². The van der Waals surface area contributed by atoms with Gasteiger partial charge in [0.2, 0.25) is 5.78 Å². The Balaban J connectivity index is 0. The van der Waals surface area contributed by atoms with Gasteiger partial charge in [0.15, 0.2) is 0 Å². The van der Waals surface area contributed by atoms with Crippen LogP contribution in [-0.2, 0) is 9.59 Å². The van der Waals surface area contributed by atoms with Gasteiger partial charge in [-0.15, -0.1) is 0 Å². The predicted molar refractivity (Wildman–Crippen MR) is 34.9 cm³/mol. The van der Waals surface area contributed by atoms with Gasteiger partial charge in [-0.05, 0) is 6.92 Å². The third-order valence-corrected chi connectivity index (χ3v) is 0.726. The quantitative estimate of drug-likeness (QED) is 0.538. The molecule has 0 saturated heterocycles. The summed E-state index contributed by atoms with van der Waals surface area (Å²) in [6.07, 6.45) is -5.92. The van der Waals surface area contributed by atoms with Crippen LogP contribution in [0.25, 0.3) is 0 Å². The fourth-order valence-corrected chi connectivity index (χ4v) is 0.326. The first-order valence-corrected chi connectivity index (χ1v) is 2.43. The van der Waals surface area contributed by atoms with E-state index in [2.05, 4.69) is 0 Å². The number of alkyl halides is 3. The first-order chi connectivity index (χ1) is 4.34. The SMILES string of the molecule is CC(=O)CC(=O)C(F)(F)F.[BaH2]. The summed E-state index contributed by atoms with van der Waals surface area (Å²) in [5.41, 5.74) is 0. The van der Waals surface area contributed by atoms with Crippen molar-refractivity contribution in [1.82, 2.24) is 0 Å². The molecule has 0 N–H and O–H groups in total. The second-order valence-electron chi connectivity index (χ2n) is 1.80. The van der Waals surface area contributed by atoms with Gasteiger partial charge in [-0.2, -0.15) is 13.2 Å². The first kappa shape index (κ1) is 14.2. The van der Waals surface area contributed by atoms with Crippen molar-refractivity contribution in [1.29, 1.82) is 0 Å². The Morgan fingerprint density at radius 2 is 1.64 bits per heavy atom. The summed E-state index contributed by atoms with van der Waals surface area (Å²) in [7, 11) is 0. The van der Waals surface area contributed by atoms with Crippen molar-refractivity contribution >= 4 is 60.4 Å². The van der Waals surface area contributed by atoms with Crippen LogP contribution in [0.15, 0.2) is 0 Å². The second kappa shape index (κ2) is 5.37. The Kier molecular flexibility index (Phi) is 6.94. The molecule has 0 bridgehead atoms. The van der Waals surface area contributed by atoms with Gasteiger partial charge in [-0.3, -0.25) is 9.59 Å². The van der Waals surface area contributed by atoms with Gasteiger partial charge in [0, 0.05) is 0 Å². The Labute approximate surface area is 102 Å². The molecule has 0 aromatic heterocycles. The zero-order valence-corrected chi connectivity index (χ0v) is 5.16. The molecule has 0 radical (unpaired) electrons. The normalized spacial score (nSPS) is 10.2. The molecule has 0 aromatic carbocycles. The summed E-state index contributed by atoms with van der Waals surface area (Å²) in [6, 6.07) is 0. The molecule has 0 atom stereocenters. The van der Waals surface area contributed by atoms with Gasteiger partial charge >= 0.3 is 55.1 Å². The maximum absolute atomic E-state index is 11.3. The molecular weight excluding hydrogens is 286 g/mol. The Morgan fingerprint density at radius 1 is 1.27 bits per heavy atom. The number of ketones is 2. The van der Waals surface area contributed by atoms with Crippen LogP contribution < -0.4 is 0 Å². The molecule has 0 aliphatic rings. The Bertz CT molecular complexity index is 164. The molecule has 0 spiro atoms. The van der Waals surface area contributed by atoms with Crippen molar-refractivity contribution in [3.8, 4) is 0 Å². The molecule has 0 aliphatic carbocycles. The molecule has 0 saturated carbocycles. The molecule has 2 nitrogen and oxygen atoms in total. The second-order valence-corrected chi connectivity index (χ2v) is 1.80. The average Bonchev–Trinajstić information content (AvgIpc) is 1.60. The molecular formula is C5H7BaF3O2. The van der Waals surface area contributed by atoms with Gasteiger partial charge in [-0.1, -0.05) is 0 Å². The predicted octanol–water partition coefficient (Wildman–Crippen LogP) is 0.181. The molecule has 0 heterocycles. The fraction of sp³-hybridized carbons (Fsp3) is 0.600. The molecule has 0 aromatic rings. The van der Waals surface area contributed by atoms with Gasteiger partial charge in [0.05, 0.1) is 6.42 Å². The van der Waals surface area contributed by atoms with E-state index in [0.29, 0.717) is 0 Å². The molecule has 62 valence electrons. The van der Waals surface area contributed by atoms with Crippen LogP contribution in [0, 0.1) is 0 Å². The summed E-state index contributed by atoms with van der Waals surface area (Å²) in [5.74, 6) is -2.76. The molecule has 0 amide bonds. The number of rotatable bonds is 2. The zero-order chi connectivity index (χ0) is 8.36. The molecule has 0 fully saturated rings. The van der Waals surface area contributed by atoms with E-state index in [0.717, 1.165) is 6.92 Å². The summed E-state index contributed by atoms with van der Waals surface area (Å²) in [5, 5.41) is 0. The van der Waals surface area contributed by atoms with E-state index in [1.165, 1.54) is 0 Å². The standard InChI is InChI=1S/C5H5F3O2.Ba.2H/c1-3(9)2-4(10)5(6,7)8;;;/h2H2,1H3;;;. The van der Waals surface area contributed by atoms with Crippen LogP contribution >= 0.6 is 0 Å². The minimum absolute atomic E-state index is 0. The van der Waals surface area contributed by atoms with Gasteiger partial charge in [0.25, 0.3) is 0 Å². The summed E-state index contributed by atoms with van der Waals surface area (Å²) in [6.45, 7) is 0.934. The Hall–Kier alpha value is 0.701. The number of hydrogen-bond donors (Lipinski definition) is 0. The topological polar surface area (TPSA) is 34.1 Å². The molecule has 0 aliphatic heterocycles. The number of carbonyl (C=O) groups excluding carboxylic acids is 2. The Morgan fingerprint density at radius 3 is 1.73 bits per heavy atom. The van der Waals surface area contributed by atoms with Crippen molar-refractivity contribution < 1.29 is 22.8 Å². The number of carbonyl (C=O) groups is 2. The van der Waals surface area contributed by atoms with E-state index in [-0.39, 0.29) is 48.9 Å². The third-order valence-electron chi connectivity index (χ3n) is 0.726. The van der Waals surface area contributed by atoms with Crippen LogP contribution in [0.1, 0.15) is 13.3 Å². The van der Waals surface area contributed by atoms with Crippen LogP contribution in [-0.4, -0.2) is 66.6 Å². The maximum atomic E-state index is 11.3. The van der Waals surface area contributed by atoms with Crippen LogP contribution in [0.4, 0.5) is 13.2 Å².